The van der Waals surface area contributed by atoms with Gasteiger partial charge in [-0.1, -0.05) is 0 Å². The summed E-state index contributed by atoms with van der Waals surface area (Å²) in [4.78, 5) is 2.79. The number of rotatable bonds is 6. The monoisotopic (exact) mass is 194 g/mol. The van der Waals surface area contributed by atoms with Crippen LogP contribution in [0.1, 0.15) is 32.1 Å². The topological polar surface area (TPSA) is 15.3 Å². The largest absolute Gasteiger partial charge is 0.316 e. The summed E-state index contributed by atoms with van der Waals surface area (Å²) in [5, 5.41) is 3.36. The lowest BCUT2D eigenvalue weighted by Crippen LogP contribution is -2.44. The van der Waals surface area contributed by atoms with Gasteiger partial charge in [0, 0.05) is 12.6 Å². The fraction of sp³-hybridized carbons (Fsp3) is 1.00. The maximum absolute atomic E-state index is 3.36. The molecule has 14 heavy (non-hydrogen) atoms. The van der Waals surface area contributed by atoms with E-state index in [-0.39, 0.29) is 0 Å². The third-order valence-electron chi connectivity index (χ3n) is 3.94. The first-order valence-electron chi connectivity index (χ1n) is 6.36. The van der Waals surface area contributed by atoms with Gasteiger partial charge in [-0.3, -0.25) is 0 Å². The summed E-state index contributed by atoms with van der Waals surface area (Å²) >= 11 is 0. The van der Waals surface area contributed by atoms with Gasteiger partial charge in [-0.2, -0.15) is 0 Å². The molecule has 2 heteroatoms. The van der Waals surface area contributed by atoms with Gasteiger partial charge in [-0.05, 0) is 63.6 Å². The van der Waals surface area contributed by atoms with E-state index in [2.05, 4.69) is 10.2 Å². The SMILES string of the molecule is C(CN(CC1CC1)C1CC1)C1CNC1. The molecule has 1 N–H and O–H groups in total. The van der Waals surface area contributed by atoms with Crippen molar-refractivity contribution in [2.24, 2.45) is 11.8 Å². The van der Waals surface area contributed by atoms with Crippen LogP contribution in [0.25, 0.3) is 0 Å². The average Bonchev–Trinajstić information content (AvgIpc) is 2.95. The Balaban J connectivity index is 1.40. The van der Waals surface area contributed by atoms with Gasteiger partial charge in [0.05, 0.1) is 0 Å². The molecular formula is C12H22N2. The Morgan fingerprint density at radius 2 is 1.79 bits per heavy atom. The molecule has 3 fully saturated rings. The minimum Gasteiger partial charge on any atom is -0.316 e. The van der Waals surface area contributed by atoms with Crippen LogP contribution in [0.15, 0.2) is 0 Å². The zero-order chi connectivity index (χ0) is 9.38. The first kappa shape index (κ1) is 9.17. The predicted molar refractivity (Wildman–Crippen MR) is 58.3 cm³/mol. The lowest BCUT2D eigenvalue weighted by atomic mass is 9.99. The maximum atomic E-state index is 3.36. The van der Waals surface area contributed by atoms with Crippen LogP contribution in [-0.2, 0) is 0 Å². The fourth-order valence-corrected chi connectivity index (χ4v) is 2.40. The van der Waals surface area contributed by atoms with Crippen LogP contribution in [0.4, 0.5) is 0 Å². The number of nitrogens with one attached hydrogen (secondary N) is 1. The highest BCUT2D eigenvalue weighted by Crippen LogP contribution is 2.35. The summed E-state index contributed by atoms with van der Waals surface area (Å²) < 4.78 is 0. The highest BCUT2D eigenvalue weighted by molar-refractivity contribution is 4.89. The molecule has 0 aromatic rings. The van der Waals surface area contributed by atoms with Crippen LogP contribution in [0.3, 0.4) is 0 Å². The molecule has 0 unspecified atom stereocenters. The van der Waals surface area contributed by atoms with Crippen LogP contribution >= 0.6 is 0 Å². The van der Waals surface area contributed by atoms with Crippen molar-refractivity contribution in [3.8, 4) is 0 Å². The average molecular weight is 194 g/mol. The normalized spacial score (nSPS) is 28.1. The van der Waals surface area contributed by atoms with Gasteiger partial charge in [0.15, 0.2) is 0 Å². The lowest BCUT2D eigenvalue weighted by Gasteiger charge is -2.30. The standard InChI is InChI=1S/C12H22N2/c1-2-10(1)9-14(12-3-4-12)6-5-11-7-13-8-11/h10-13H,1-9H2. The van der Waals surface area contributed by atoms with E-state index in [1.165, 1.54) is 58.3 Å². The van der Waals surface area contributed by atoms with Crippen LogP contribution in [0, 0.1) is 11.8 Å². The van der Waals surface area contributed by atoms with Gasteiger partial charge in [0.25, 0.3) is 0 Å². The highest BCUT2D eigenvalue weighted by atomic mass is 15.2. The van der Waals surface area contributed by atoms with Crippen LogP contribution in [0.5, 0.6) is 0 Å². The highest BCUT2D eigenvalue weighted by Gasteiger charge is 2.33. The third-order valence-corrected chi connectivity index (χ3v) is 3.94. The second-order valence-electron chi connectivity index (χ2n) is 5.48. The summed E-state index contributed by atoms with van der Waals surface area (Å²) in [5.41, 5.74) is 0. The fourth-order valence-electron chi connectivity index (χ4n) is 2.40. The summed E-state index contributed by atoms with van der Waals surface area (Å²) in [6.07, 6.45) is 7.42. The minimum absolute atomic E-state index is 0.989. The van der Waals surface area contributed by atoms with Gasteiger partial charge in [-0.25, -0.2) is 0 Å². The summed E-state index contributed by atoms with van der Waals surface area (Å²) in [7, 11) is 0. The smallest absolute Gasteiger partial charge is 0.00965 e. The van der Waals surface area contributed by atoms with Crippen LogP contribution < -0.4 is 5.32 Å². The van der Waals surface area contributed by atoms with Gasteiger partial charge < -0.3 is 10.2 Å². The number of hydrogen-bond acceptors (Lipinski definition) is 2. The Kier molecular flexibility index (Phi) is 2.50. The Labute approximate surface area is 87.0 Å². The molecule has 2 nitrogen and oxygen atoms in total. The molecule has 1 saturated heterocycles. The molecule has 0 aromatic carbocycles. The summed E-state index contributed by atoms with van der Waals surface area (Å²) in [5.74, 6) is 2.07. The summed E-state index contributed by atoms with van der Waals surface area (Å²) in [6, 6.07) is 0.989. The quantitative estimate of drug-likeness (QED) is 0.689. The van der Waals surface area contributed by atoms with E-state index < -0.39 is 0 Å². The van der Waals surface area contributed by atoms with E-state index >= 15 is 0 Å². The van der Waals surface area contributed by atoms with Gasteiger partial charge in [0.1, 0.15) is 0 Å². The molecule has 0 amide bonds. The minimum atomic E-state index is 0.989. The van der Waals surface area contributed by atoms with E-state index in [0.717, 1.165) is 17.9 Å². The molecule has 0 aromatic heterocycles. The Hall–Kier alpha value is -0.0800. The van der Waals surface area contributed by atoms with Crippen molar-refractivity contribution in [3.63, 3.8) is 0 Å². The first-order chi connectivity index (χ1) is 6.92. The van der Waals surface area contributed by atoms with Crippen molar-refractivity contribution in [1.82, 2.24) is 10.2 Å². The van der Waals surface area contributed by atoms with E-state index in [9.17, 15) is 0 Å². The molecule has 3 rings (SSSR count). The van der Waals surface area contributed by atoms with Crippen molar-refractivity contribution in [3.05, 3.63) is 0 Å². The van der Waals surface area contributed by atoms with Crippen molar-refractivity contribution in [2.75, 3.05) is 26.2 Å². The molecule has 0 atom stereocenters. The van der Waals surface area contributed by atoms with Crippen LogP contribution in [-0.4, -0.2) is 37.1 Å². The molecule has 1 heterocycles. The molecule has 0 radical (unpaired) electrons. The first-order valence-corrected chi connectivity index (χ1v) is 6.36. The lowest BCUT2D eigenvalue weighted by molar-refractivity contribution is 0.211. The zero-order valence-electron chi connectivity index (χ0n) is 9.04. The molecule has 2 aliphatic carbocycles. The molecule has 80 valence electrons. The van der Waals surface area contributed by atoms with Crippen LogP contribution in [0.2, 0.25) is 0 Å². The van der Waals surface area contributed by atoms with E-state index in [4.69, 9.17) is 0 Å². The van der Waals surface area contributed by atoms with Crippen molar-refractivity contribution < 1.29 is 0 Å². The van der Waals surface area contributed by atoms with Gasteiger partial charge >= 0.3 is 0 Å². The zero-order valence-corrected chi connectivity index (χ0v) is 9.04. The second-order valence-corrected chi connectivity index (χ2v) is 5.48. The van der Waals surface area contributed by atoms with E-state index in [0.29, 0.717) is 0 Å². The maximum Gasteiger partial charge on any atom is 0.00965 e. The van der Waals surface area contributed by atoms with Gasteiger partial charge in [0.2, 0.25) is 0 Å². The predicted octanol–water partition coefficient (Wildman–Crippen LogP) is 1.47. The Morgan fingerprint density at radius 3 is 2.29 bits per heavy atom. The summed E-state index contributed by atoms with van der Waals surface area (Å²) in [6.45, 7) is 5.36. The molecule has 3 aliphatic rings. The van der Waals surface area contributed by atoms with E-state index in [1.807, 2.05) is 0 Å². The van der Waals surface area contributed by atoms with Crippen molar-refractivity contribution in [2.45, 2.75) is 38.1 Å². The number of hydrogen-bond donors (Lipinski definition) is 1. The van der Waals surface area contributed by atoms with E-state index in [1.54, 1.807) is 0 Å². The van der Waals surface area contributed by atoms with Crippen molar-refractivity contribution >= 4 is 0 Å². The number of nitrogens with zero attached hydrogens (tertiary/aromatic N) is 1. The van der Waals surface area contributed by atoms with Gasteiger partial charge in [-0.15, -0.1) is 0 Å². The molecular weight excluding hydrogens is 172 g/mol. The molecule has 1 aliphatic heterocycles. The third kappa shape index (κ3) is 2.29. The Bertz CT molecular complexity index is 192. The Morgan fingerprint density at radius 1 is 1.00 bits per heavy atom. The molecule has 2 saturated carbocycles. The van der Waals surface area contributed by atoms with Crippen molar-refractivity contribution in [1.29, 1.82) is 0 Å². The second kappa shape index (κ2) is 3.82. The molecule has 0 spiro atoms. The molecule has 0 bridgehead atoms.